The summed E-state index contributed by atoms with van der Waals surface area (Å²) in [4.78, 5) is 0. The van der Waals surface area contributed by atoms with Crippen molar-refractivity contribution in [2.45, 2.75) is 44.6 Å². The Morgan fingerprint density at radius 3 is 2.19 bits per heavy atom. The van der Waals surface area contributed by atoms with Crippen molar-refractivity contribution in [2.24, 2.45) is 0 Å². The Balaban J connectivity index is 4.02. The van der Waals surface area contributed by atoms with Crippen molar-refractivity contribution >= 4 is 9.76 Å². The lowest BCUT2D eigenvalue weighted by Gasteiger charge is -2.34. The maximum atomic E-state index is 5.71. The molecule has 0 radical (unpaired) electrons. The van der Waals surface area contributed by atoms with Gasteiger partial charge in [0.05, 0.1) is 0 Å². The lowest BCUT2D eigenvalue weighted by atomic mass is 10.3. The molecule has 4 nitrogen and oxygen atoms in total. The summed E-state index contributed by atoms with van der Waals surface area (Å²) in [7, 11) is 4.00. The van der Waals surface area contributed by atoms with E-state index in [0.717, 1.165) is 13.0 Å². The molecule has 0 aliphatic rings. The second-order valence-corrected chi connectivity index (χ2v) is 5.54. The molecule has 0 fully saturated rings. The zero-order valence-corrected chi connectivity index (χ0v) is 12.7. The molecular weight excluding hydrogens is 224 g/mol. The van der Waals surface area contributed by atoms with E-state index >= 15 is 0 Å². The van der Waals surface area contributed by atoms with Crippen LogP contribution in [0.25, 0.3) is 0 Å². The van der Waals surface area contributed by atoms with Crippen molar-refractivity contribution in [3.63, 3.8) is 0 Å². The molecule has 0 saturated carbocycles. The van der Waals surface area contributed by atoms with E-state index < -0.39 is 15.2 Å². The molecule has 0 bridgehead atoms. The van der Waals surface area contributed by atoms with E-state index in [4.69, 9.17) is 18.6 Å². The van der Waals surface area contributed by atoms with Crippen LogP contribution in [0, 0.1) is 0 Å². The van der Waals surface area contributed by atoms with Crippen molar-refractivity contribution in [1.82, 2.24) is 0 Å². The molecule has 1 atom stereocenters. The zero-order valence-electron chi connectivity index (χ0n) is 11.2. The van der Waals surface area contributed by atoms with E-state index in [1.54, 1.807) is 21.3 Å². The van der Waals surface area contributed by atoms with Crippen molar-refractivity contribution in [3.8, 4) is 0 Å². The standard InChI is InChI=1S/C11H26O4Si/c1-6-7-8-9-15-16-11(13-4,14-5)10(2)12-3/h10H,6-9,16H2,1-5H3. The quantitative estimate of drug-likeness (QED) is 0.332. The van der Waals surface area contributed by atoms with Gasteiger partial charge >= 0.3 is 0 Å². The predicted molar refractivity (Wildman–Crippen MR) is 67.2 cm³/mol. The molecular formula is C11H26O4Si. The van der Waals surface area contributed by atoms with Crippen LogP contribution in [0.2, 0.25) is 0 Å². The first-order valence-electron chi connectivity index (χ1n) is 5.87. The van der Waals surface area contributed by atoms with Gasteiger partial charge in [0.25, 0.3) is 0 Å². The first kappa shape index (κ1) is 16.1. The van der Waals surface area contributed by atoms with Gasteiger partial charge in [-0.05, 0) is 13.3 Å². The van der Waals surface area contributed by atoms with E-state index in [9.17, 15) is 0 Å². The number of hydrogen-bond acceptors (Lipinski definition) is 4. The molecule has 0 heterocycles. The van der Waals surface area contributed by atoms with Gasteiger partial charge in [-0.2, -0.15) is 0 Å². The lowest BCUT2D eigenvalue weighted by molar-refractivity contribution is -0.211. The van der Waals surface area contributed by atoms with Crippen LogP contribution in [-0.2, 0) is 18.6 Å². The number of methoxy groups -OCH3 is 3. The van der Waals surface area contributed by atoms with E-state index in [0.29, 0.717) is 0 Å². The van der Waals surface area contributed by atoms with Crippen LogP contribution in [-0.4, -0.2) is 49.2 Å². The molecule has 0 aliphatic carbocycles. The summed E-state index contributed by atoms with van der Waals surface area (Å²) in [5.74, 6) is 0. The van der Waals surface area contributed by atoms with E-state index in [2.05, 4.69) is 6.92 Å². The van der Waals surface area contributed by atoms with Crippen LogP contribution in [0.5, 0.6) is 0 Å². The second kappa shape index (κ2) is 9.12. The third-order valence-corrected chi connectivity index (χ3v) is 4.91. The highest BCUT2D eigenvalue weighted by Gasteiger charge is 2.37. The van der Waals surface area contributed by atoms with E-state index in [1.807, 2.05) is 6.92 Å². The van der Waals surface area contributed by atoms with E-state index in [-0.39, 0.29) is 6.10 Å². The highest BCUT2D eigenvalue weighted by molar-refractivity contribution is 6.31. The monoisotopic (exact) mass is 250 g/mol. The van der Waals surface area contributed by atoms with Gasteiger partial charge in [0.15, 0.2) is 5.41 Å². The van der Waals surface area contributed by atoms with Crippen molar-refractivity contribution in [1.29, 1.82) is 0 Å². The summed E-state index contributed by atoms with van der Waals surface area (Å²) >= 11 is 0. The van der Waals surface area contributed by atoms with Gasteiger partial charge in [0.1, 0.15) is 6.10 Å². The molecule has 98 valence electrons. The fourth-order valence-electron chi connectivity index (χ4n) is 1.50. The SMILES string of the molecule is CCCCCO[SiH2]C(OC)(OC)C(C)OC. The maximum Gasteiger partial charge on any atom is 0.231 e. The average Bonchev–Trinajstić information content (AvgIpc) is 2.33. The smallest absolute Gasteiger partial charge is 0.231 e. The van der Waals surface area contributed by atoms with Gasteiger partial charge in [-0.15, -0.1) is 0 Å². The first-order chi connectivity index (χ1) is 7.66. The molecule has 0 saturated heterocycles. The highest BCUT2D eigenvalue weighted by Crippen LogP contribution is 2.18. The molecule has 0 aromatic heterocycles. The number of ether oxygens (including phenoxy) is 3. The molecule has 0 aliphatic heterocycles. The van der Waals surface area contributed by atoms with Crippen LogP contribution in [0.3, 0.4) is 0 Å². The number of rotatable bonds is 10. The normalized spacial score (nSPS) is 14.8. The summed E-state index contributed by atoms with van der Waals surface area (Å²) in [5, 5.41) is 0. The Bertz CT molecular complexity index is 162. The summed E-state index contributed by atoms with van der Waals surface area (Å²) in [6.07, 6.45) is 3.41. The summed E-state index contributed by atoms with van der Waals surface area (Å²) in [6.45, 7) is 4.92. The Labute approximate surface area is 102 Å². The van der Waals surface area contributed by atoms with Crippen LogP contribution in [0.1, 0.15) is 33.1 Å². The molecule has 0 spiro atoms. The molecule has 0 amide bonds. The third kappa shape index (κ3) is 4.93. The Morgan fingerprint density at radius 2 is 1.75 bits per heavy atom. The molecule has 0 aromatic carbocycles. The van der Waals surface area contributed by atoms with Gasteiger partial charge in [0, 0.05) is 27.9 Å². The van der Waals surface area contributed by atoms with Gasteiger partial charge in [-0.3, -0.25) is 0 Å². The van der Waals surface area contributed by atoms with Gasteiger partial charge in [0.2, 0.25) is 9.76 Å². The lowest BCUT2D eigenvalue weighted by Crippen LogP contribution is -2.51. The summed E-state index contributed by atoms with van der Waals surface area (Å²) in [6, 6.07) is 0. The van der Waals surface area contributed by atoms with Crippen molar-refractivity contribution < 1.29 is 18.6 Å². The second-order valence-electron chi connectivity index (χ2n) is 3.86. The molecule has 0 aromatic rings. The summed E-state index contributed by atoms with van der Waals surface area (Å²) < 4.78 is 21.9. The van der Waals surface area contributed by atoms with Gasteiger partial charge < -0.3 is 18.6 Å². The molecule has 5 heteroatoms. The first-order valence-corrected chi connectivity index (χ1v) is 7.16. The van der Waals surface area contributed by atoms with Crippen molar-refractivity contribution in [2.75, 3.05) is 27.9 Å². The summed E-state index contributed by atoms with van der Waals surface area (Å²) in [5.41, 5.74) is -0.666. The Kier molecular flexibility index (Phi) is 9.16. The minimum absolute atomic E-state index is 0.111. The Morgan fingerprint density at radius 1 is 1.12 bits per heavy atom. The maximum absolute atomic E-state index is 5.71. The van der Waals surface area contributed by atoms with E-state index in [1.165, 1.54) is 12.8 Å². The third-order valence-electron chi connectivity index (χ3n) is 2.86. The minimum Gasteiger partial charge on any atom is -0.418 e. The Hall–Kier alpha value is 0.0569. The highest BCUT2D eigenvalue weighted by atomic mass is 28.2. The fourth-order valence-corrected chi connectivity index (χ4v) is 2.77. The predicted octanol–water partition coefficient (Wildman–Crippen LogP) is 1.26. The van der Waals surface area contributed by atoms with Crippen LogP contribution in [0.4, 0.5) is 0 Å². The molecule has 1 unspecified atom stereocenters. The van der Waals surface area contributed by atoms with Crippen LogP contribution < -0.4 is 0 Å². The minimum atomic E-state index is -0.937. The number of hydrogen-bond donors (Lipinski definition) is 0. The van der Waals surface area contributed by atoms with Crippen molar-refractivity contribution in [3.05, 3.63) is 0 Å². The van der Waals surface area contributed by atoms with Gasteiger partial charge in [-0.1, -0.05) is 19.8 Å². The molecule has 0 N–H and O–H groups in total. The average molecular weight is 250 g/mol. The van der Waals surface area contributed by atoms with Crippen LogP contribution >= 0.6 is 0 Å². The van der Waals surface area contributed by atoms with Crippen LogP contribution in [0.15, 0.2) is 0 Å². The zero-order chi connectivity index (χ0) is 12.4. The van der Waals surface area contributed by atoms with Gasteiger partial charge in [-0.25, -0.2) is 0 Å². The molecule has 0 rings (SSSR count). The fraction of sp³-hybridized carbons (Fsp3) is 1.00. The number of unbranched alkanes of at least 4 members (excludes halogenated alkanes) is 2. The largest absolute Gasteiger partial charge is 0.418 e. The topological polar surface area (TPSA) is 36.9 Å². The molecule has 16 heavy (non-hydrogen) atoms.